The fraction of sp³-hybridized carbons (Fsp3) is 0.500. The fourth-order valence-corrected chi connectivity index (χ4v) is 2.75. The lowest BCUT2D eigenvalue weighted by atomic mass is 10.00. The van der Waals surface area contributed by atoms with Crippen molar-refractivity contribution < 1.29 is 9.13 Å². The Hall–Kier alpha value is -0.900. The normalized spacial score (nSPS) is 25.7. The molecule has 20 heavy (non-hydrogen) atoms. The molecule has 2 unspecified atom stereocenters. The first kappa shape index (κ1) is 15.5. The highest BCUT2D eigenvalue weighted by molar-refractivity contribution is 6.13. The molecule has 1 fully saturated rings. The first-order chi connectivity index (χ1) is 9.58. The molecule has 1 aliphatic rings. The van der Waals surface area contributed by atoms with Gasteiger partial charge >= 0.3 is 0 Å². The molecule has 110 valence electrons. The van der Waals surface area contributed by atoms with Crippen LogP contribution in [0.5, 0.6) is 0 Å². The molecule has 1 aliphatic heterocycles. The summed E-state index contributed by atoms with van der Waals surface area (Å²) in [5.74, 6) is -0.201. The van der Waals surface area contributed by atoms with Crippen molar-refractivity contribution in [3.63, 3.8) is 0 Å². The van der Waals surface area contributed by atoms with E-state index >= 15 is 0 Å². The van der Waals surface area contributed by atoms with Crippen molar-refractivity contribution in [2.75, 3.05) is 0 Å². The molecule has 2 nitrogen and oxygen atoms in total. The lowest BCUT2D eigenvalue weighted by molar-refractivity contribution is 0.0146. The van der Waals surface area contributed by atoms with Gasteiger partial charge in [0.1, 0.15) is 5.82 Å². The Morgan fingerprint density at radius 2 is 2.20 bits per heavy atom. The van der Waals surface area contributed by atoms with E-state index in [-0.39, 0.29) is 18.0 Å². The van der Waals surface area contributed by atoms with E-state index in [9.17, 15) is 4.39 Å². The van der Waals surface area contributed by atoms with Gasteiger partial charge in [0.15, 0.2) is 0 Å². The first-order valence-corrected chi connectivity index (χ1v) is 7.43. The molecule has 0 aliphatic carbocycles. The van der Waals surface area contributed by atoms with Gasteiger partial charge in [-0.05, 0) is 56.5 Å². The third kappa shape index (κ3) is 4.30. The first-order valence-electron chi connectivity index (χ1n) is 7.05. The molecule has 1 saturated heterocycles. The van der Waals surface area contributed by atoms with Gasteiger partial charge in [-0.1, -0.05) is 23.8 Å². The van der Waals surface area contributed by atoms with E-state index in [1.54, 1.807) is 0 Å². The topological polar surface area (TPSA) is 21.3 Å². The van der Waals surface area contributed by atoms with Crippen LogP contribution in [0.1, 0.15) is 44.2 Å². The summed E-state index contributed by atoms with van der Waals surface area (Å²) < 4.78 is 19.9. The van der Waals surface area contributed by atoms with Gasteiger partial charge in [0, 0.05) is 12.1 Å². The second-order valence-electron chi connectivity index (χ2n) is 5.47. The van der Waals surface area contributed by atoms with Gasteiger partial charge in [-0.15, -0.1) is 0 Å². The van der Waals surface area contributed by atoms with E-state index in [1.165, 1.54) is 11.6 Å². The van der Waals surface area contributed by atoms with Crippen LogP contribution in [0.15, 0.2) is 23.8 Å². The average molecular weight is 298 g/mol. The molecule has 0 bridgehead atoms. The molecule has 1 heterocycles. The van der Waals surface area contributed by atoms with Crippen LogP contribution in [0.4, 0.5) is 4.39 Å². The summed E-state index contributed by atoms with van der Waals surface area (Å²) in [6.07, 6.45) is 5.27. The highest BCUT2D eigenvalue weighted by Gasteiger charge is 2.17. The van der Waals surface area contributed by atoms with Crippen LogP contribution >= 0.6 is 11.8 Å². The van der Waals surface area contributed by atoms with Crippen LogP contribution in [0.3, 0.4) is 0 Å². The van der Waals surface area contributed by atoms with Crippen molar-refractivity contribution in [1.82, 2.24) is 4.84 Å². The summed E-state index contributed by atoms with van der Waals surface area (Å²) >= 11 is 5.43. The van der Waals surface area contributed by atoms with Gasteiger partial charge in [-0.3, -0.25) is 0 Å². The Balaban J connectivity index is 2.17. The minimum atomic E-state index is -0.201. The Kier molecular flexibility index (Phi) is 5.58. The zero-order valence-electron chi connectivity index (χ0n) is 12.0. The van der Waals surface area contributed by atoms with Crippen molar-refractivity contribution >= 4 is 17.9 Å². The Labute approximate surface area is 125 Å². The zero-order chi connectivity index (χ0) is 14.5. The molecular weight excluding hydrogens is 277 g/mol. The minimum absolute atomic E-state index is 0.196. The molecule has 1 aromatic carbocycles. The van der Waals surface area contributed by atoms with Gasteiger partial charge in [0.05, 0.1) is 12.2 Å². The van der Waals surface area contributed by atoms with Crippen LogP contribution in [0, 0.1) is 5.82 Å². The number of benzene rings is 1. The lowest BCUT2D eigenvalue weighted by Crippen LogP contribution is -2.13. The average Bonchev–Trinajstić information content (AvgIpc) is 2.54. The molecule has 2 atom stereocenters. The van der Waals surface area contributed by atoms with Crippen molar-refractivity contribution in [2.24, 2.45) is 0 Å². The van der Waals surface area contributed by atoms with Crippen molar-refractivity contribution in [3.05, 3.63) is 40.7 Å². The second-order valence-corrected chi connectivity index (χ2v) is 5.74. The van der Waals surface area contributed by atoms with E-state index in [1.807, 2.05) is 18.2 Å². The van der Waals surface area contributed by atoms with Crippen molar-refractivity contribution in [3.8, 4) is 0 Å². The molecule has 1 aromatic rings. The molecule has 2 rings (SSSR count). The predicted molar refractivity (Wildman–Crippen MR) is 80.9 cm³/mol. The summed E-state index contributed by atoms with van der Waals surface area (Å²) in [7, 11) is 0. The maximum Gasteiger partial charge on any atom is 0.130 e. The predicted octanol–water partition coefficient (Wildman–Crippen LogP) is 4.43. The molecule has 0 aromatic heterocycles. The molecular formula is C16H21ClFNO. The maximum atomic E-state index is 14.1. The van der Waals surface area contributed by atoms with Gasteiger partial charge < -0.3 is 4.74 Å². The van der Waals surface area contributed by atoms with Gasteiger partial charge in [0.2, 0.25) is 0 Å². The summed E-state index contributed by atoms with van der Waals surface area (Å²) in [4.78, 5) is 2.50. The number of ether oxygens (including phenoxy) is 1. The van der Waals surface area contributed by atoms with Crippen LogP contribution in [0.25, 0.3) is 6.08 Å². The van der Waals surface area contributed by atoms with Crippen LogP contribution in [-0.4, -0.2) is 12.2 Å². The van der Waals surface area contributed by atoms with Crippen LogP contribution in [0.2, 0.25) is 0 Å². The van der Waals surface area contributed by atoms with E-state index < -0.39 is 0 Å². The number of hydrogen-bond donors (Lipinski definition) is 1. The summed E-state index contributed by atoms with van der Waals surface area (Å²) in [6.45, 7) is 4.62. The minimum Gasteiger partial charge on any atom is -0.375 e. The van der Waals surface area contributed by atoms with Crippen molar-refractivity contribution in [2.45, 2.75) is 51.9 Å². The van der Waals surface area contributed by atoms with Gasteiger partial charge in [0.25, 0.3) is 0 Å². The highest BCUT2D eigenvalue weighted by atomic mass is 35.5. The molecule has 0 amide bonds. The SMILES string of the molecule is CC1CC/C(=C/c2ccc(CNCl)cc2F)CC(C)O1. The lowest BCUT2D eigenvalue weighted by Gasteiger charge is -2.13. The number of halogens is 2. The smallest absolute Gasteiger partial charge is 0.130 e. The Bertz CT molecular complexity index is 489. The van der Waals surface area contributed by atoms with E-state index in [0.717, 1.165) is 24.8 Å². The number of hydrogen-bond acceptors (Lipinski definition) is 2. The summed E-state index contributed by atoms with van der Waals surface area (Å²) in [5, 5.41) is 0. The number of rotatable bonds is 3. The largest absolute Gasteiger partial charge is 0.375 e. The highest BCUT2D eigenvalue weighted by Crippen LogP contribution is 2.26. The molecule has 4 heteroatoms. The quantitative estimate of drug-likeness (QED) is 0.833. The Morgan fingerprint density at radius 3 is 2.90 bits per heavy atom. The van der Waals surface area contributed by atoms with Gasteiger partial charge in [-0.25, -0.2) is 9.23 Å². The molecule has 1 N–H and O–H groups in total. The van der Waals surface area contributed by atoms with Crippen molar-refractivity contribution in [1.29, 1.82) is 0 Å². The Morgan fingerprint density at radius 1 is 1.40 bits per heavy atom. The monoisotopic (exact) mass is 297 g/mol. The van der Waals surface area contributed by atoms with Crippen LogP contribution < -0.4 is 4.84 Å². The zero-order valence-corrected chi connectivity index (χ0v) is 12.7. The van der Waals surface area contributed by atoms with E-state index in [2.05, 4.69) is 18.7 Å². The van der Waals surface area contributed by atoms with E-state index in [4.69, 9.17) is 16.5 Å². The summed E-state index contributed by atoms with van der Waals surface area (Å²) in [6, 6.07) is 5.23. The maximum absolute atomic E-state index is 14.1. The standard InChI is InChI=1S/C16H21ClFNO/c1-11-3-4-13(7-12(2)20-11)8-15-6-5-14(10-19-17)9-16(15)18/h5-6,8-9,11-12,19H,3-4,7,10H2,1-2H3/b13-8-. The fourth-order valence-electron chi connectivity index (χ4n) is 2.60. The van der Waals surface area contributed by atoms with Crippen LogP contribution in [-0.2, 0) is 11.3 Å². The number of nitrogens with one attached hydrogen (secondary N) is 1. The molecule has 0 spiro atoms. The molecule has 0 radical (unpaired) electrons. The van der Waals surface area contributed by atoms with Gasteiger partial charge in [-0.2, -0.15) is 0 Å². The molecule has 0 saturated carbocycles. The third-order valence-electron chi connectivity index (χ3n) is 3.58. The second kappa shape index (κ2) is 7.21. The summed E-state index contributed by atoms with van der Waals surface area (Å²) in [5.41, 5.74) is 2.73. The van der Waals surface area contributed by atoms with E-state index in [0.29, 0.717) is 12.1 Å². The third-order valence-corrected chi connectivity index (χ3v) is 3.72.